The summed E-state index contributed by atoms with van der Waals surface area (Å²) in [4.78, 5) is 37.9. The van der Waals surface area contributed by atoms with E-state index < -0.39 is 17.3 Å². The lowest BCUT2D eigenvalue weighted by Crippen LogP contribution is -2.57. The first-order valence-corrected chi connectivity index (χ1v) is 8.97. The SMILES string of the molecule is O=C(O)CC1(NC(=O)C2CCCN(C(=O)c3ccc(F)cc3)C2)CCC1. The molecule has 0 radical (unpaired) electrons. The van der Waals surface area contributed by atoms with Gasteiger partial charge in [0, 0.05) is 18.7 Å². The molecule has 2 fully saturated rings. The van der Waals surface area contributed by atoms with E-state index in [1.54, 1.807) is 4.90 Å². The van der Waals surface area contributed by atoms with Gasteiger partial charge in [0.2, 0.25) is 5.91 Å². The fraction of sp³-hybridized carbons (Fsp3) is 0.526. The molecule has 0 bridgehead atoms. The number of nitrogens with one attached hydrogen (secondary N) is 1. The van der Waals surface area contributed by atoms with Gasteiger partial charge >= 0.3 is 5.97 Å². The lowest BCUT2D eigenvalue weighted by atomic mass is 9.74. The number of carboxylic acids is 1. The van der Waals surface area contributed by atoms with Crippen molar-refractivity contribution in [1.82, 2.24) is 10.2 Å². The van der Waals surface area contributed by atoms with Gasteiger partial charge in [0.05, 0.1) is 17.9 Å². The van der Waals surface area contributed by atoms with Crippen molar-refractivity contribution < 1.29 is 23.9 Å². The number of nitrogens with zero attached hydrogens (tertiary/aromatic N) is 1. The molecule has 6 nitrogen and oxygen atoms in total. The second-order valence-electron chi connectivity index (χ2n) is 7.29. The Kier molecular flexibility index (Phi) is 5.25. The minimum atomic E-state index is -0.915. The number of amides is 2. The molecule has 140 valence electrons. The average molecular weight is 362 g/mol. The Bertz CT molecular complexity index is 700. The Morgan fingerprint density at radius 2 is 1.88 bits per heavy atom. The Balaban J connectivity index is 1.62. The van der Waals surface area contributed by atoms with Crippen LogP contribution in [0.2, 0.25) is 0 Å². The molecule has 2 amide bonds. The second-order valence-corrected chi connectivity index (χ2v) is 7.29. The second kappa shape index (κ2) is 7.43. The molecule has 2 N–H and O–H groups in total. The van der Waals surface area contributed by atoms with Crippen LogP contribution in [0, 0.1) is 11.7 Å². The maximum absolute atomic E-state index is 13.0. The number of hydrogen-bond donors (Lipinski definition) is 2. The molecule has 1 saturated carbocycles. The van der Waals surface area contributed by atoms with Gasteiger partial charge in [-0.3, -0.25) is 14.4 Å². The van der Waals surface area contributed by atoms with Crippen molar-refractivity contribution in [3.63, 3.8) is 0 Å². The van der Waals surface area contributed by atoms with E-state index in [0.29, 0.717) is 44.3 Å². The maximum Gasteiger partial charge on any atom is 0.305 e. The zero-order valence-corrected chi connectivity index (χ0v) is 14.5. The van der Waals surface area contributed by atoms with Crippen LogP contribution in [0.25, 0.3) is 0 Å². The molecule has 1 aromatic rings. The van der Waals surface area contributed by atoms with Gasteiger partial charge in [-0.25, -0.2) is 4.39 Å². The highest BCUT2D eigenvalue weighted by Crippen LogP contribution is 2.35. The van der Waals surface area contributed by atoms with Gasteiger partial charge in [-0.2, -0.15) is 0 Å². The molecule has 1 unspecified atom stereocenters. The topological polar surface area (TPSA) is 86.7 Å². The Labute approximate surface area is 151 Å². The van der Waals surface area contributed by atoms with Gasteiger partial charge in [-0.1, -0.05) is 0 Å². The highest BCUT2D eigenvalue weighted by molar-refractivity contribution is 5.94. The van der Waals surface area contributed by atoms with E-state index in [9.17, 15) is 18.8 Å². The first-order chi connectivity index (χ1) is 12.4. The van der Waals surface area contributed by atoms with E-state index in [0.717, 1.165) is 6.42 Å². The van der Waals surface area contributed by atoms with Gasteiger partial charge in [-0.05, 0) is 56.4 Å². The number of aliphatic carboxylic acids is 1. The molecular weight excluding hydrogens is 339 g/mol. The van der Waals surface area contributed by atoms with Gasteiger partial charge in [0.25, 0.3) is 5.91 Å². The summed E-state index contributed by atoms with van der Waals surface area (Å²) in [6.45, 7) is 0.853. The molecule has 1 saturated heterocycles. The molecule has 7 heteroatoms. The van der Waals surface area contributed by atoms with Crippen molar-refractivity contribution >= 4 is 17.8 Å². The van der Waals surface area contributed by atoms with E-state index in [2.05, 4.69) is 5.32 Å². The van der Waals surface area contributed by atoms with Crippen LogP contribution in [0.4, 0.5) is 4.39 Å². The van der Waals surface area contributed by atoms with Crippen molar-refractivity contribution in [2.75, 3.05) is 13.1 Å². The summed E-state index contributed by atoms with van der Waals surface area (Å²) in [5.74, 6) is -2.06. The van der Waals surface area contributed by atoms with Crippen LogP contribution in [0.15, 0.2) is 24.3 Å². The number of benzene rings is 1. The third-order valence-electron chi connectivity index (χ3n) is 5.36. The maximum atomic E-state index is 13.0. The van der Waals surface area contributed by atoms with Crippen LogP contribution in [0.1, 0.15) is 48.9 Å². The molecule has 0 spiro atoms. The number of carboxylic acid groups (broad SMARTS) is 1. The number of piperidine rings is 1. The van der Waals surface area contributed by atoms with Crippen LogP contribution in [-0.4, -0.2) is 46.4 Å². The average Bonchev–Trinajstić information content (AvgIpc) is 2.59. The lowest BCUT2D eigenvalue weighted by molar-refractivity contribution is -0.141. The molecule has 1 heterocycles. The van der Waals surface area contributed by atoms with Crippen LogP contribution in [-0.2, 0) is 9.59 Å². The quantitative estimate of drug-likeness (QED) is 0.841. The minimum absolute atomic E-state index is 0.0658. The van der Waals surface area contributed by atoms with Gasteiger partial charge in [-0.15, -0.1) is 0 Å². The number of likely N-dealkylation sites (tertiary alicyclic amines) is 1. The fourth-order valence-corrected chi connectivity index (χ4v) is 3.75. The van der Waals surface area contributed by atoms with Crippen molar-refractivity contribution in [3.05, 3.63) is 35.6 Å². The molecule has 1 atom stereocenters. The third-order valence-corrected chi connectivity index (χ3v) is 5.36. The summed E-state index contributed by atoms with van der Waals surface area (Å²) >= 11 is 0. The van der Waals surface area contributed by atoms with E-state index in [1.807, 2.05) is 0 Å². The van der Waals surface area contributed by atoms with E-state index in [-0.39, 0.29) is 24.2 Å². The van der Waals surface area contributed by atoms with Gasteiger partial charge in [0.15, 0.2) is 0 Å². The molecule has 0 aromatic heterocycles. The summed E-state index contributed by atoms with van der Waals surface area (Å²) in [6, 6.07) is 5.37. The number of carbonyl (C=O) groups is 3. The number of halogens is 1. The van der Waals surface area contributed by atoms with Crippen molar-refractivity contribution in [3.8, 4) is 0 Å². The predicted octanol–water partition coefficient (Wildman–Crippen LogP) is 2.19. The third kappa shape index (κ3) is 4.03. The molecular formula is C19H23FN2O4. The number of rotatable bonds is 5. The number of hydrogen-bond acceptors (Lipinski definition) is 3. The Hall–Kier alpha value is -2.44. The zero-order valence-electron chi connectivity index (χ0n) is 14.5. The smallest absolute Gasteiger partial charge is 0.305 e. The molecule has 1 aliphatic heterocycles. The van der Waals surface area contributed by atoms with Gasteiger partial charge in [0.1, 0.15) is 5.82 Å². The normalized spacial score (nSPS) is 21.6. The Morgan fingerprint density at radius 1 is 1.19 bits per heavy atom. The molecule has 3 rings (SSSR count). The van der Waals surface area contributed by atoms with Crippen LogP contribution in [0.5, 0.6) is 0 Å². The monoisotopic (exact) mass is 362 g/mol. The highest BCUT2D eigenvalue weighted by Gasteiger charge is 2.42. The largest absolute Gasteiger partial charge is 0.481 e. The standard InChI is InChI=1S/C19H23FN2O4/c20-15-6-4-13(5-7-15)18(26)22-10-1-3-14(12-22)17(25)21-19(8-2-9-19)11-16(23)24/h4-7,14H,1-3,8-12H2,(H,21,25)(H,23,24). The predicted molar refractivity (Wildman–Crippen MR) is 92.0 cm³/mol. The molecule has 26 heavy (non-hydrogen) atoms. The van der Waals surface area contributed by atoms with Crippen LogP contribution < -0.4 is 5.32 Å². The number of carbonyl (C=O) groups excluding carboxylic acids is 2. The van der Waals surface area contributed by atoms with E-state index in [1.165, 1.54) is 24.3 Å². The first kappa shape index (κ1) is 18.4. The summed E-state index contributed by atoms with van der Waals surface area (Å²) < 4.78 is 13.0. The molecule has 2 aliphatic rings. The summed E-state index contributed by atoms with van der Waals surface area (Å²) in [7, 11) is 0. The van der Waals surface area contributed by atoms with Crippen LogP contribution in [0.3, 0.4) is 0 Å². The summed E-state index contributed by atoms with van der Waals surface area (Å²) in [6.07, 6.45) is 3.57. The summed E-state index contributed by atoms with van der Waals surface area (Å²) in [5.41, 5.74) is -0.236. The first-order valence-electron chi connectivity index (χ1n) is 8.97. The van der Waals surface area contributed by atoms with Gasteiger partial charge < -0.3 is 15.3 Å². The van der Waals surface area contributed by atoms with E-state index >= 15 is 0 Å². The lowest BCUT2D eigenvalue weighted by Gasteiger charge is -2.43. The zero-order chi connectivity index (χ0) is 18.7. The van der Waals surface area contributed by atoms with Crippen molar-refractivity contribution in [2.45, 2.75) is 44.1 Å². The minimum Gasteiger partial charge on any atom is -0.481 e. The Morgan fingerprint density at radius 3 is 2.46 bits per heavy atom. The summed E-state index contributed by atoms with van der Waals surface area (Å²) in [5, 5.41) is 12.0. The van der Waals surface area contributed by atoms with Crippen LogP contribution >= 0.6 is 0 Å². The molecule has 1 aliphatic carbocycles. The van der Waals surface area contributed by atoms with E-state index in [4.69, 9.17) is 5.11 Å². The van der Waals surface area contributed by atoms with Crippen molar-refractivity contribution in [2.24, 2.45) is 5.92 Å². The molecule has 1 aromatic carbocycles. The highest BCUT2D eigenvalue weighted by atomic mass is 19.1. The van der Waals surface area contributed by atoms with Crippen molar-refractivity contribution in [1.29, 1.82) is 0 Å². The fourth-order valence-electron chi connectivity index (χ4n) is 3.75.